The van der Waals surface area contributed by atoms with E-state index in [2.05, 4.69) is 44.5 Å². The van der Waals surface area contributed by atoms with Gasteiger partial charge in [-0.05, 0) is 54.5 Å². The van der Waals surface area contributed by atoms with Gasteiger partial charge in [-0.25, -0.2) is 18.4 Å². The van der Waals surface area contributed by atoms with E-state index in [9.17, 15) is 13.2 Å². The molecule has 11 heteroatoms. The minimum atomic E-state index is -3.66. The molecule has 3 heterocycles. The second-order valence-electron chi connectivity index (χ2n) is 12.7. The van der Waals surface area contributed by atoms with E-state index >= 15 is 0 Å². The van der Waals surface area contributed by atoms with Crippen molar-refractivity contribution < 1.29 is 17.9 Å². The Morgan fingerprint density at radius 1 is 1.02 bits per heavy atom. The molecule has 1 atom stereocenters. The zero-order valence-electron chi connectivity index (χ0n) is 25.5. The number of sulfonamides is 1. The predicted octanol–water partition coefficient (Wildman–Crippen LogP) is 6.04. The number of hydrogen-bond donors (Lipinski definition) is 1. The first-order valence-electron chi connectivity index (χ1n) is 15.8. The molecule has 1 aliphatic heterocycles. The van der Waals surface area contributed by atoms with Crippen LogP contribution in [0.3, 0.4) is 0 Å². The maximum atomic E-state index is 13.8. The normalized spacial score (nSPS) is 19.6. The molecule has 1 saturated heterocycles. The molecule has 4 aromatic rings. The number of pyridine rings is 1. The molecule has 2 aliphatic carbocycles. The molecule has 1 amide bonds. The lowest BCUT2D eigenvalue weighted by Gasteiger charge is -2.41. The van der Waals surface area contributed by atoms with Crippen LogP contribution in [-0.4, -0.2) is 65.8 Å². The van der Waals surface area contributed by atoms with E-state index in [1.54, 1.807) is 29.6 Å². The highest BCUT2D eigenvalue weighted by molar-refractivity contribution is 7.89. The minimum absolute atomic E-state index is 0.0765. The molecule has 3 aliphatic rings. The maximum Gasteiger partial charge on any atom is 0.243 e. The quantitative estimate of drug-likeness (QED) is 0.224. The van der Waals surface area contributed by atoms with Crippen LogP contribution in [0.1, 0.15) is 62.0 Å². The van der Waals surface area contributed by atoms with Crippen molar-refractivity contribution in [1.82, 2.24) is 19.2 Å². The summed E-state index contributed by atoms with van der Waals surface area (Å²) < 4.78 is 34.6. The SMILES string of the molecule is COc1ccc2nc(NC(=O)C(CC3CCCC3)c3ccc(S(=O)(=O)N4CCN(Cc5ccccc5)C5(CC5)C4)cc3)sc2n1. The number of piperazine rings is 1. The molecule has 2 aromatic heterocycles. The topological polar surface area (TPSA) is 105 Å². The van der Waals surface area contributed by atoms with Gasteiger partial charge < -0.3 is 10.1 Å². The first-order valence-corrected chi connectivity index (χ1v) is 18.1. The molecule has 3 fully saturated rings. The molecular weight excluding hydrogens is 607 g/mol. The van der Waals surface area contributed by atoms with E-state index in [1.165, 1.54) is 29.7 Å². The summed E-state index contributed by atoms with van der Waals surface area (Å²) in [4.78, 5) is 26.2. The summed E-state index contributed by atoms with van der Waals surface area (Å²) in [6.45, 7) is 2.54. The zero-order valence-corrected chi connectivity index (χ0v) is 27.2. The second-order valence-corrected chi connectivity index (χ2v) is 15.6. The Labute approximate surface area is 268 Å². The standard InChI is InChI=1S/C34H39N5O4S2/c1-43-30-16-15-29-32(36-30)44-33(35-29)37-31(40)28(21-24-7-5-6-8-24)26-11-13-27(14-12-26)45(41,42)39-20-19-38(34(23-39)17-18-34)22-25-9-3-2-4-10-25/h2-4,9-16,24,28H,5-8,17-23H2,1H3,(H,35,37,40). The van der Waals surface area contributed by atoms with Crippen molar-refractivity contribution in [3.63, 3.8) is 0 Å². The van der Waals surface area contributed by atoms with Crippen molar-refractivity contribution in [2.45, 2.75) is 67.8 Å². The van der Waals surface area contributed by atoms with Crippen LogP contribution in [0.25, 0.3) is 10.3 Å². The van der Waals surface area contributed by atoms with Gasteiger partial charge in [0.2, 0.25) is 21.8 Å². The number of anilines is 1. The van der Waals surface area contributed by atoms with Gasteiger partial charge >= 0.3 is 0 Å². The third kappa shape index (κ3) is 6.36. The number of nitrogens with one attached hydrogen (secondary N) is 1. The van der Waals surface area contributed by atoms with Crippen LogP contribution >= 0.6 is 11.3 Å². The largest absolute Gasteiger partial charge is 0.481 e. The van der Waals surface area contributed by atoms with E-state index in [0.717, 1.165) is 44.2 Å². The summed E-state index contributed by atoms with van der Waals surface area (Å²) in [5, 5.41) is 3.52. The lowest BCUT2D eigenvalue weighted by Crippen LogP contribution is -2.55. The fourth-order valence-corrected chi connectivity index (χ4v) is 9.35. The van der Waals surface area contributed by atoms with Crippen LogP contribution in [0.5, 0.6) is 5.88 Å². The van der Waals surface area contributed by atoms with Crippen molar-refractivity contribution in [2.24, 2.45) is 5.92 Å². The Hall–Kier alpha value is -3.38. The number of methoxy groups -OCH3 is 1. The van der Waals surface area contributed by atoms with Gasteiger partial charge in [0.05, 0.1) is 17.9 Å². The molecule has 45 heavy (non-hydrogen) atoms. The van der Waals surface area contributed by atoms with Crippen LogP contribution in [0.4, 0.5) is 5.13 Å². The van der Waals surface area contributed by atoms with Gasteiger partial charge in [0.1, 0.15) is 10.3 Å². The highest BCUT2D eigenvalue weighted by atomic mass is 32.2. The number of hydrogen-bond acceptors (Lipinski definition) is 8. The molecule has 1 N–H and O–H groups in total. The van der Waals surface area contributed by atoms with E-state index in [0.29, 0.717) is 46.9 Å². The minimum Gasteiger partial charge on any atom is -0.481 e. The van der Waals surface area contributed by atoms with Crippen molar-refractivity contribution >= 4 is 42.7 Å². The first kappa shape index (κ1) is 30.3. The number of fused-ring (bicyclic) bond motifs is 1. The molecular formula is C34H39N5O4S2. The Bertz CT molecular complexity index is 1770. The molecule has 0 radical (unpaired) electrons. The smallest absolute Gasteiger partial charge is 0.243 e. The number of ether oxygens (including phenoxy) is 1. The average molecular weight is 646 g/mol. The number of amides is 1. The highest BCUT2D eigenvalue weighted by Crippen LogP contribution is 2.46. The fourth-order valence-electron chi connectivity index (χ4n) is 7.01. The van der Waals surface area contributed by atoms with Crippen molar-refractivity contribution in [2.75, 3.05) is 32.1 Å². The zero-order chi connectivity index (χ0) is 31.0. The number of rotatable bonds is 10. The molecule has 236 valence electrons. The lowest BCUT2D eigenvalue weighted by molar-refractivity contribution is -0.118. The van der Waals surface area contributed by atoms with E-state index in [1.807, 2.05) is 24.3 Å². The van der Waals surface area contributed by atoms with Crippen LogP contribution < -0.4 is 10.1 Å². The van der Waals surface area contributed by atoms with Crippen molar-refractivity contribution in [3.05, 3.63) is 77.9 Å². The van der Waals surface area contributed by atoms with Crippen molar-refractivity contribution in [3.8, 4) is 5.88 Å². The van der Waals surface area contributed by atoms with Crippen molar-refractivity contribution in [1.29, 1.82) is 0 Å². The van der Waals surface area contributed by atoms with Gasteiger partial charge in [-0.15, -0.1) is 0 Å². The van der Waals surface area contributed by atoms with E-state index < -0.39 is 15.9 Å². The molecule has 9 nitrogen and oxygen atoms in total. The van der Waals surface area contributed by atoms with Crippen LogP contribution in [0, 0.1) is 5.92 Å². The summed E-state index contributed by atoms with van der Waals surface area (Å²) in [5.41, 5.74) is 2.71. The maximum absolute atomic E-state index is 13.8. The van der Waals surface area contributed by atoms with Crippen LogP contribution in [0.15, 0.2) is 71.6 Å². The van der Waals surface area contributed by atoms with Gasteiger partial charge in [0.15, 0.2) is 5.13 Å². The monoisotopic (exact) mass is 645 g/mol. The summed E-state index contributed by atoms with van der Waals surface area (Å²) in [6.07, 6.45) is 7.34. The first-order chi connectivity index (χ1) is 21.8. The third-order valence-corrected chi connectivity index (χ3v) is 12.5. The van der Waals surface area contributed by atoms with Gasteiger partial charge in [-0.1, -0.05) is 79.5 Å². The highest BCUT2D eigenvalue weighted by Gasteiger charge is 2.53. The van der Waals surface area contributed by atoms with Gasteiger partial charge in [0, 0.05) is 37.8 Å². The third-order valence-electron chi connectivity index (χ3n) is 9.75. The Kier molecular flexibility index (Phi) is 8.37. The van der Waals surface area contributed by atoms with E-state index in [4.69, 9.17) is 4.74 Å². The van der Waals surface area contributed by atoms with Gasteiger partial charge in [0.25, 0.3) is 0 Å². The number of carbonyl (C=O) groups excluding carboxylic acids is 1. The predicted molar refractivity (Wildman–Crippen MR) is 176 cm³/mol. The Morgan fingerprint density at radius 2 is 1.78 bits per heavy atom. The van der Waals surface area contributed by atoms with E-state index in [-0.39, 0.29) is 16.3 Å². The summed E-state index contributed by atoms with van der Waals surface area (Å²) in [6, 6.07) is 21.0. The molecule has 0 bridgehead atoms. The van der Waals surface area contributed by atoms with Crippen LogP contribution in [0.2, 0.25) is 0 Å². The lowest BCUT2D eigenvalue weighted by atomic mass is 9.87. The number of benzene rings is 2. The van der Waals surface area contributed by atoms with Crippen LogP contribution in [-0.2, 0) is 21.4 Å². The van der Waals surface area contributed by atoms with Gasteiger partial charge in [-0.2, -0.15) is 4.31 Å². The fraction of sp³-hybridized carbons (Fsp3) is 0.441. The molecule has 2 saturated carbocycles. The summed E-state index contributed by atoms with van der Waals surface area (Å²) in [5.74, 6) is 0.427. The number of aromatic nitrogens is 2. The molecule has 7 rings (SSSR count). The summed E-state index contributed by atoms with van der Waals surface area (Å²) in [7, 11) is -2.09. The molecule has 2 aromatic carbocycles. The molecule has 1 spiro atoms. The second kappa shape index (κ2) is 12.4. The Balaban J connectivity index is 1.07. The number of thiazole rings is 1. The number of carbonyl (C=O) groups is 1. The summed E-state index contributed by atoms with van der Waals surface area (Å²) >= 11 is 1.31. The van der Waals surface area contributed by atoms with Gasteiger partial charge in [-0.3, -0.25) is 9.69 Å². The average Bonchev–Trinajstić information content (AvgIpc) is 3.42. The number of nitrogens with zero attached hydrogens (tertiary/aromatic N) is 4. The Morgan fingerprint density at radius 3 is 2.49 bits per heavy atom. The molecule has 1 unspecified atom stereocenters.